The maximum atomic E-state index is 5.87. The van der Waals surface area contributed by atoms with Crippen LogP contribution in [0, 0.1) is 6.92 Å². The number of hydrogen-bond acceptors (Lipinski definition) is 2. The third kappa shape index (κ3) is 1.52. The van der Waals surface area contributed by atoms with Crippen LogP contribution in [0.15, 0.2) is 0 Å². The van der Waals surface area contributed by atoms with Crippen molar-refractivity contribution < 1.29 is 0 Å². The molecule has 0 fully saturated rings. The van der Waals surface area contributed by atoms with Crippen molar-refractivity contribution in [3.63, 3.8) is 0 Å². The van der Waals surface area contributed by atoms with Gasteiger partial charge in [0.25, 0.3) is 0 Å². The molecule has 1 nitrogen and oxygen atoms in total. The van der Waals surface area contributed by atoms with Gasteiger partial charge >= 0.3 is 0 Å². The maximum Gasteiger partial charge on any atom is 0.116 e. The first-order valence-corrected chi connectivity index (χ1v) is 4.77. The Labute approximate surface area is 76.2 Å². The Morgan fingerprint density at radius 3 is 2.18 bits per heavy atom. The predicted octanol–water partition coefficient (Wildman–Crippen LogP) is 3.42. The van der Waals surface area contributed by atoms with Crippen LogP contribution in [0.3, 0.4) is 0 Å². The van der Waals surface area contributed by atoms with Gasteiger partial charge in [-0.1, -0.05) is 25.4 Å². The van der Waals surface area contributed by atoms with Crippen LogP contribution < -0.4 is 5.73 Å². The largest absolute Gasteiger partial charge is 0.397 e. The zero-order valence-electron chi connectivity index (χ0n) is 6.94. The van der Waals surface area contributed by atoms with Crippen LogP contribution in [0.25, 0.3) is 0 Å². The number of nitrogens with two attached hydrogens (primary N) is 1. The highest BCUT2D eigenvalue weighted by Gasteiger charge is 2.13. The van der Waals surface area contributed by atoms with Crippen molar-refractivity contribution in [1.82, 2.24) is 0 Å². The molecule has 0 unspecified atom stereocenters. The van der Waals surface area contributed by atoms with E-state index in [9.17, 15) is 0 Å². The van der Waals surface area contributed by atoms with Crippen molar-refractivity contribution in [2.75, 3.05) is 5.73 Å². The van der Waals surface area contributed by atoms with E-state index in [1.165, 1.54) is 10.4 Å². The molecule has 0 saturated heterocycles. The highest BCUT2D eigenvalue weighted by Crippen LogP contribution is 2.38. The third-order valence-electron chi connectivity index (χ3n) is 1.70. The van der Waals surface area contributed by atoms with E-state index in [1.807, 2.05) is 0 Å². The smallest absolute Gasteiger partial charge is 0.116 e. The summed E-state index contributed by atoms with van der Waals surface area (Å²) >= 11 is 7.44. The van der Waals surface area contributed by atoms with Crippen LogP contribution in [-0.4, -0.2) is 0 Å². The zero-order valence-corrected chi connectivity index (χ0v) is 8.51. The van der Waals surface area contributed by atoms with Crippen LogP contribution in [0.4, 0.5) is 5.69 Å². The van der Waals surface area contributed by atoms with Crippen molar-refractivity contribution >= 4 is 28.6 Å². The second-order valence-corrected chi connectivity index (χ2v) is 4.74. The van der Waals surface area contributed by atoms with Gasteiger partial charge in [-0.25, -0.2) is 0 Å². The Kier molecular flexibility index (Phi) is 2.45. The average Bonchev–Trinajstić information content (AvgIpc) is 2.07. The molecule has 1 aromatic heterocycles. The standard InChI is InChI=1S/C8H12ClNS/c1-4(2)6-5(3)11-8(9)7(6)10/h4H,10H2,1-3H3. The van der Waals surface area contributed by atoms with E-state index in [4.69, 9.17) is 17.3 Å². The fourth-order valence-corrected chi connectivity index (χ4v) is 2.65. The van der Waals surface area contributed by atoms with E-state index in [-0.39, 0.29) is 0 Å². The summed E-state index contributed by atoms with van der Waals surface area (Å²) in [6, 6.07) is 0. The zero-order chi connectivity index (χ0) is 8.59. The highest BCUT2D eigenvalue weighted by molar-refractivity contribution is 7.17. The first-order valence-electron chi connectivity index (χ1n) is 3.58. The SMILES string of the molecule is Cc1sc(Cl)c(N)c1C(C)C. The Hall–Kier alpha value is -0.210. The summed E-state index contributed by atoms with van der Waals surface area (Å²) in [5.41, 5.74) is 7.76. The minimum atomic E-state index is 0.471. The number of aryl methyl sites for hydroxylation is 1. The molecule has 1 rings (SSSR count). The molecule has 3 heteroatoms. The van der Waals surface area contributed by atoms with Crippen LogP contribution >= 0.6 is 22.9 Å². The van der Waals surface area contributed by atoms with Crippen LogP contribution in [0.2, 0.25) is 4.34 Å². The Morgan fingerprint density at radius 2 is 2.00 bits per heavy atom. The van der Waals surface area contributed by atoms with Gasteiger partial charge in [-0.3, -0.25) is 0 Å². The Bertz CT molecular complexity index is 265. The number of halogens is 1. The van der Waals surface area contributed by atoms with Crippen LogP contribution in [-0.2, 0) is 0 Å². The lowest BCUT2D eigenvalue weighted by Gasteiger charge is -2.04. The van der Waals surface area contributed by atoms with E-state index < -0.39 is 0 Å². The molecule has 0 aromatic carbocycles. The summed E-state index contributed by atoms with van der Waals surface area (Å²) < 4.78 is 0.728. The van der Waals surface area contributed by atoms with Gasteiger partial charge in [0.1, 0.15) is 4.34 Å². The van der Waals surface area contributed by atoms with E-state index in [1.54, 1.807) is 11.3 Å². The molecule has 2 N–H and O–H groups in total. The fraction of sp³-hybridized carbons (Fsp3) is 0.500. The van der Waals surface area contributed by atoms with E-state index in [0.717, 1.165) is 10.0 Å². The normalized spacial score (nSPS) is 11.0. The summed E-state index contributed by atoms with van der Waals surface area (Å²) in [5.74, 6) is 0.471. The molecule has 0 amide bonds. The van der Waals surface area contributed by atoms with Crippen molar-refractivity contribution in [2.45, 2.75) is 26.7 Å². The molecule has 0 aliphatic carbocycles. The average molecular weight is 190 g/mol. The second kappa shape index (κ2) is 3.03. The Morgan fingerprint density at radius 1 is 1.45 bits per heavy atom. The molecule has 0 aliphatic heterocycles. The third-order valence-corrected chi connectivity index (χ3v) is 3.06. The first-order chi connectivity index (χ1) is 5.04. The summed E-state index contributed by atoms with van der Waals surface area (Å²) in [7, 11) is 0. The van der Waals surface area contributed by atoms with Crippen LogP contribution in [0.5, 0.6) is 0 Å². The van der Waals surface area contributed by atoms with E-state index >= 15 is 0 Å². The highest BCUT2D eigenvalue weighted by atomic mass is 35.5. The summed E-state index contributed by atoms with van der Waals surface area (Å²) in [5, 5.41) is 0. The molecule has 0 bridgehead atoms. The lowest BCUT2D eigenvalue weighted by atomic mass is 10.0. The van der Waals surface area contributed by atoms with Gasteiger partial charge in [-0.05, 0) is 18.4 Å². The number of anilines is 1. The summed E-state index contributed by atoms with van der Waals surface area (Å²) in [6.07, 6.45) is 0. The van der Waals surface area contributed by atoms with Crippen molar-refractivity contribution in [1.29, 1.82) is 0 Å². The summed E-state index contributed by atoms with van der Waals surface area (Å²) in [6.45, 7) is 6.31. The molecule has 1 heterocycles. The lowest BCUT2D eigenvalue weighted by Crippen LogP contribution is -1.93. The summed E-state index contributed by atoms with van der Waals surface area (Å²) in [4.78, 5) is 1.24. The fourth-order valence-electron chi connectivity index (χ4n) is 1.26. The maximum absolute atomic E-state index is 5.87. The number of nitrogen functional groups attached to an aromatic ring is 1. The topological polar surface area (TPSA) is 26.0 Å². The lowest BCUT2D eigenvalue weighted by molar-refractivity contribution is 0.867. The molecule has 1 aromatic rings. The van der Waals surface area contributed by atoms with Gasteiger partial charge in [-0.15, -0.1) is 11.3 Å². The minimum absolute atomic E-state index is 0.471. The van der Waals surface area contributed by atoms with Crippen molar-refractivity contribution in [2.24, 2.45) is 0 Å². The number of hydrogen-bond donors (Lipinski definition) is 1. The van der Waals surface area contributed by atoms with Gasteiger partial charge in [-0.2, -0.15) is 0 Å². The van der Waals surface area contributed by atoms with E-state index in [0.29, 0.717) is 5.92 Å². The quantitative estimate of drug-likeness (QED) is 0.720. The van der Waals surface area contributed by atoms with E-state index in [2.05, 4.69) is 20.8 Å². The molecule has 0 atom stereocenters. The van der Waals surface area contributed by atoms with Gasteiger partial charge in [0.15, 0.2) is 0 Å². The van der Waals surface area contributed by atoms with Crippen molar-refractivity contribution in [3.05, 3.63) is 14.8 Å². The number of thiophene rings is 1. The van der Waals surface area contributed by atoms with Gasteiger partial charge < -0.3 is 5.73 Å². The molecule has 0 aliphatic rings. The van der Waals surface area contributed by atoms with Crippen molar-refractivity contribution in [3.8, 4) is 0 Å². The molecule has 62 valence electrons. The van der Waals surface area contributed by atoms with Gasteiger partial charge in [0.05, 0.1) is 5.69 Å². The monoisotopic (exact) mass is 189 g/mol. The molecular weight excluding hydrogens is 178 g/mol. The molecular formula is C8H12ClNS. The number of rotatable bonds is 1. The van der Waals surface area contributed by atoms with Crippen LogP contribution in [0.1, 0.15) is 30.2 Å². The van der Waals surface area contributed by atoms with Gasteiger partial charge in [0, 0.05) is 4.88 Å². The molecule has 0 spiro atoms. The second-order valence-electron chi connectivity index (χ2n) is 2.91. The first kappa shape index (κ1) is 8.88. The predicted molar refractivity (Wildman–Crippen MR) is 52.6 cm³/mol. The molecule has 11 heavy (non-hydrogen) atoms. The molecule has 0 saturated carbocycles. The minimum Gasteiger partial charge on any atom is -0.397 e. The Balaban J connectivity index is 3.22. The molecule has 0 radical (unpaired) electrons. The van der Waals surface area contributed by atoms with Gasteiger partial charge in [0.2, 0.25) is 0 Å².